The average Bonchev–Trinajstić information content (AvgIpc) is 2.89. The monoisotopic (exact) mass is 341 g/mol. The summed E-state index contributed by atoms with van der Waals surface area (Å²) in [5.41, 5.74) is 1.68. The van der Waals surface area contributed by atoms with Crippen LogP contribution in [0.25, 0.3) is 5.69 Å². The highest BCUT2D eigenvalue weighted by Crippen LogP contribution is 2.25. The van der Waals surface area contributed by atoms with Crippen molar-refractivity contribution in [2.45, 2.75) is 12.8 Å². The average molecular weight is 341 g/mol. The van der Waals surface area contributed by atoms with Crippen LogP contribution in [0.3, 0.4) is 0 Å². The van der Waals surface area contributed by atoms with Crippen molar-refractivity contribution in [1.82, 2.24) is 9.78 Å². The first-order chi connectivity index (χ1) is 12.0. The Balaban J connectivity index is 2.13. The molecule has 25 heavy (non-hydrogen) atoms. The second-order valence-corrected chi connectivity index (χ2v) is 5.75. The van der Waals surface area contributed by atoms with Crippen LogP contribution in [0.15, 0.2) is 59.4 Å². The molecule has 0 radical (unpaired) electrons. The predicted molar refractivity (Wildman–Crippen MR) is 91.2 cm³/mol. The smallest absolute Gasteiger partial charge is 0.275 e. The molecule has 0 saturated heterocycles. The van der Waals surface area contributed by atoms with E-state index in [2.05, 4.69) is 5.10 Å². The lowest BCUT2D eigenvalue weighted by atomic mass is 9.91. The minimum Gasteiger partial charge on any atom is -0.295 e. The van der Waals surface area contributed by atoms with Gasteiger partial charge in [-0.1, -0.05) is 30.3 Å². The predicted octanol–water partition coefficient (Wildman–Crippen LogP) is 3.02. The van der Waals surface area contributed by atoms with E-state index in [0.29, 0.717) is 22.5 Å². The molecule has 1 atom stereocenters. The van der Waals surface area contributed by atoms with Crippen molar-refractivity contribution in [1.29, 1.82) is 0 Å². The van der Waals surface area contributed by atoms with Gasteiger partial charge in [-0.2, -0.15) is 0 Å². The summed E-state index contributed by atoms with van der Waals surface area (Å²) >= 11 is 0. The van der Waals surface area contributed by atoms with E-state index >= 15 is 0 Å². The van der Waals surface area contributed by atoms with E-state index in [-0.39, 0.29) is 5.56 Å². The van der Waals surface area contributed by atoms with E-state index in [9.17, 15) is 19.3 Å². The summed E-state index contributed by atoms with van der Waals surface area (Å²) in [5, 5.41) is 14.1. The number of nitro groups is 1. The van der Waals surface area contributed by atoms with Gasteiger partial charge >= 0.3 is 0 Å². The van der Waals surface area contributed by atoms with Crippen molar-refractivity contribution in [3.05, 3.63) is 97.7 Å². The van der Waals surface area contributed by atoms with Crippen molar-refractivity contribution in [3.8, 4) is 5.69 Å². The minimum atomic E-state index is -0.760. The van der Waals surface area contributed by atoms with E-state index in [1.165, 1.54) is 28.9 Å². The highest BCUT2D eigenvalue weighted by atomic mass is 19.1. The van der Waals surface area contributed by atoms with Gasteiger partial charge in [-0.25, -0.2) is 9.07 Å². The van der Waals surface area contributed by atoms with Gasteiger partial charge < -0.3 is 0 Å². The van der Waals surface area contributed by atoms with Gasteiger partial charge in [0.05, 0.1) is 17.2 Å². The lowest BCUT2D eigenvalue weighted by molar-refractivity contribution is -0.481. The molecule has 2 aromatic carbocycles. The summed E-state index contributed by atoms with van der Waals surface area (Å²) in [5.74, 6) is -1.19. The van der Waals surface area contributed by atoms with Crippen molar-refractivity contribution in [2.75, 3.05) is 6.54 Å². The third-order valence-corrected chi connectivity index (χ3v) is 4.08. The van der Waals surface area contributed by atoms with Crippen LogP contribution in [0.2, 0.25) is 0 Å². The van der Waals surface area contributed by atoms with E-state index in [0.717, 1.165) is 0 Å². The van der Waals surface area contributed by atoms with E-state index < -0.39 is 23.2 Å². The fourth-order valence-electron chi connectivity index (χ4n) is 2.94. The van der Waals surface area contributed by atoms with Crippen molar-refractivity contribution >= 4 is 0 Å². The molecule has 0 unspecified atom stereocenters. The van der Waals surface area contributed by atoms with Crippen molar-refractivity contribution < 1.29 is 9.31 Å². The van der Waals surface area contributed by atoms with Crippen LogP contribution >= 0.6 is 0 Å². The molecule has 0 aliphatic carbocycles. The highest BCUT2D eigenvalue weighted by molar-refractivity contribution is 5.38. The number of nitrogens with zero attached hydrogens (tertiary/aromatic N) is 2. The van der Waals surface area contributed by atoms with Crippen LogP contribution in [-0.4, -0.2) is 21.2 Å². The van der Waals surface area contributed by atoms with Crippen LogP contribution in [-0.2, 0) is 0 Å². The summed E-state index contributed by atoms with van der Waals surface area (Å²) in [6, 6.07) is 14.4. The molecule has 6 nitrogen and oxygen atoms in total. The molecule has 1 aromatic heterocycles. The standard InChI is InChI=1S/C18H16FN3O3/c1-12-17(18(23)22(20-12)15-5-3-2-4-6-15)16(11-21(24)25)13-7-9-14(19)10-8-13/h2-10,16,20H,11H2,1H3/t16-/m1/s1. The summed E-state index contributed by atoms with van der Waals surface area (Å²) < 4.78 is 14.6. The first-order valence-corrected chi connectivity index (χ1v) is 7.71. The summed E-state index contributed by atoms with van der Waals surface area (Å²) in [7, 11) is 0. The maximum absolute atomic E-state index is 13.2. The molecule has 0 fully saturated rings. The lowest BCUT2D eigenvalue weighted by Gasteiger charge is -2.12. The molecule has 0 amide bonds. The molecule has 0 spiro atoms. The number of halogens is 1. The SMILES string of the molecule is Cc1[nH]n(-c2ccccc2)c(=O)c1[C@H](C[N+](=O)[O-])c1ccc(F)cc1. The number of hydrogen-bond donors (Lipinski definition) is 1. The Morgan fingerprint density at radius 3 is 2.40 bits per heavy atom. The third kappa shape index (κ3) is 3.35. The summed E-state index contributed by atoms with van der Waals surface area (Å²) in [6.07, 6.45) is 0. The van der Waals surface area contributed by atoms with Crippen molar-refractivity contribution in [3.63, 3.8) is 0 Å². The van der Waals surface area contributed by atoms with E-state index in [1.807, 2.05) is 6.07 Å². The number of hydrogen-bond acceptors (Lipinski definition) is 3. The second kappa shape index (κ2) is 6.72. The fourth-order valence-corrected chi connectivity index (χ4v) is 2.94. The first kappa shape index (κ1) is 16.6. The molecule has 3 rings (SSSR count). The summed E-state index contributed by atoms with van der Waals surface area (Å²) in [4.78, 5) is 23.6. The number of rotatable bonds is 5. The van der Waals surface area contributed by atoms with Crippen LogP contribution in [0.1, 0.15) is 22.7 Å². The Morgan fingerprint density at radius 1 is 1.16 bits per heavy atom. The molecular formula is C18H16FN3O3. The van der Waals surface area contributed by atoms with Gasteiger partial charge in [-0.15, -0.1) is 0 Å². The molecule has 3 aromatic rings. The topological polar surface area (TPSA) is 80.9 Å². The molecular weight excluding hydrogens is 325 g/mol. The molecule has 1 N–H and O–H groups in total. The maximum Gasteiger partial charge on any atom is 0.275 e. The van der Waals surface area contributed by atoms with Gasteiger partial charge in [0.1, 0.15) is 5.82 Å². The van der Waals surface area contributed by atoms with Crippen molar-refractivity contribution in [2.24, 2.45) is 0 Å². The normalized spacial score (nSPS) is 12.1. The van der Waals surface area contributed by atoms with Gasteiger partial charge in [0.2, 0.25) is 6.54 Å². The Labute approximate surface area is 142 Å². The second-order valence-electron chi connectivity index (χ2n) is 5.75. The number of benzene rings is 2. The largest absolute Gasteiger partial charge is 0.295 e. The number of aromatic nitrogens is 2. The molecule has 0 saturated carbocycles. The Hall–Kier alpha value is -3.22. The van der Waals surface area contributed by atoms with Gasteiger partial charge in [0, 0.05) is 10.6 Å². The number of H-pyrrole nitrogens is 1. The van der Waals surface area contributed by atoms with Crippen LogP contribution in [0.5, 0.6) is 0 Å². The Bertz CT molecular complexity index is 946. The van der Waals surface area contributed by atoms with E-state index in [1.54, 1.807) is 31.2 Å². The Morgan fingerprint density at radius 2 is 1.80 bits per heavy atom. The first-order valence-electron chi connectivity index (χ1n) is 7.71. The van der Waals surface area contributed by atoms with Gasteiger partial charge in [-0.05, 0) is 36.8 Å². The van der Waals surface area contributed by atoms with Crippen LogP contribution < -0.4 is 5.56 Å². The third-order valence-electron chi connectivity index (χ3n) is 4.08. The van der Waals surface area contributed by atoms with E-state index in [4.69, 9.17) is 0 Å². The maximum atomic E-state index is 13.2. The Kier molecular flexibility index (Phi) is 4.47. The molecule has 0 aliphatic heterocycles. The minimum absolute atomic E-state index is 0.312. The number of nitrogens with one attached hydrogen (secondary N) is 1. The lowest BCUT2D eigenvalue weighted by Crippen LogP contribution is -2.23. The number of para-hydroxylation sites is 1. The zero-order valence-corrected chi connectivity index (χ0v) is 13.5. The summed E-state index contributed by atoms with van der Waals surface area (Å²) in [6.45, 7) is 1.25. The molecule has 128 valence electrons. The number of aromatic amines is 1. The van der Waals surface area contributed by atoms with Gasteiger partial charge in [0.15, 0.2) is 0 Å². The highest BCUT2D eigenvalue weighted by Gasteiger charge is 2.27. The zero-order chi connectivity index (χ0) is 18.0. The van der Waals surface area contributed by atoms with Gasteiger partial charge in [0.25, 0.3) is 5.56 Å². The molecule has 0 bridgehead atoms. The van der Waals surface area contributed by atoms with Gasteiger partial charge in [-0.3, -0.25) is 20.0 Å². The molecule has 1 heterocycles. The van der Waals surface area contributed by atoms with Crippen LogP contribution in [0, 0.1) is 22.9 Å². The zero-order valence-electron chi connectivity index (χ0n) is 13.5. The van der Waals surface area contributed by atoms with Crippen LogP contribution in [0.4, 0.5) is 4.39 Å². The molecule has 7 heteroatoms. The fraction of sp³-hybridized carbons (Fsp3) is 0.167. The quantitative estimate of drug-likeness (QED) is 0.572. The number of aryl methyl sites for hydroxylation is 1. The molecule has 0 aliphatic rings.